The zero-order chi connectivity index (χ0) is 27.7. The van der Waals surface area contributed by atoms with Crippen LogP contribution < -0.4 is 10.5 Å². The second-order valence-corrected chi connectivity index (χ2v) is 8.72. The van der Waals surface area contributed by atoms with E-state index in [-0.39, 0.29) is 30.8 Å². The number of halogens is 4. The maximum Gasteiger partial charge on any atom is 0.493 e. The summed E-state index contributed by atoms with van der Waals surface area (Å²) in [5, 5.41) is 7.31. The van der Waals surface area contributed by atoms with Gasteiger partial charge in [0.25, 0.3) is 11.9 Å². The van der Waals surface area contributed by atoms with Crippen molar-refractivity contribution in [3.63, 3.8) is 0 Å². The van der Waals surface area contributed by atoms with Crippen molar-refractivity contribution in [2.45, 2.75) is 19.1 Å². The molecule has 0 saturated carbocycles. The van der Waals surface area contributed by atoms with Gasteiger partial charge in [-0.3, -0.25) is 15.1 Å². The molecule has 1 fully saturated rings. The van der Waals surface area contributed by atoms with Gasteiger partial charge in [0.05, 0.1) is 13.2 Å². The number of ether oxygens (including phenoxy) is 1. The molecule has 0 aromatic heterocycles. The highest BCUT2D eigenvalue weighted by Crippen LogP contribution is 2.23. The van der Waals surface area contributed by atoms with E-state index in [1.165, 1.54) is 11.6 Å². The maximum atomic E-state index is 13.1. The third-order valence-electron chi connectivity index (χ3n) is 5.39. The number of amides is 1. The van der Waals surface area contributed by atoms with Crippen molar-refractivity contribution in [3.8, 4) is 5.75 Å². The quantitative estimate of drug-likeness (QED) is 0.209. The molecule has 1 heterocycles. The van der Waals surface area contributed by atoms with Crippen LogP contribution >= 0.6 is 11.6 Å². The smallest absolute Gasteiger partial charge is 0.493 e. The molecule has 0 bridgehead atoms. The summed E-state index contributed by atoms with van der Waals surface area (Å²) in [5.74, 6) is -3.50. The molecule has 2 aromatic carbocycles. The van der Waals surface area contributed by atoms with Crippen molar-refractivity contribution in [1.29, 1.82) is 5.41 Å². The lowest BCUT2D eigenvalue weighted by atomic mass is 10.1. The Morgan fingerprint density at radius 1 is 1.05 bits per heavy atom. The average molecular weight is 558 g/mol. The molecule has 1 saturated heterocycles. The minimum Gasteiger partial charge on any atom is -0.493 e. The lowest BCUT2D eigenvalue weighted by Gasteiger charge is -2.34. The van der Waals surface area contributed by atoms with Gasteiger partial charge in [-0.15, -0.1) is 0 Å². The van der Waals surface area contributed by atoms with Crippen LogP contribution in [0.25, 0.3) is 0 Å². The number of carbonyl (C=O) groups is 2. The first-order valence-corrected chi connectivity index (χ1v) is 12.0. The fraction of sp³-hybridized carbons (Fsp3) is 0.375. The molecule has 0 spiro atoms. The lowest BCUT2D eigenvalue weighted by molar-refractivity contribution is -0.317. The van der Waals surface area contributed by atoms with Gasteiger partial charge < -0.3 is 20.2 Å². The van der Waals surface area contributed by atoms with Gasteiger partial charge in [0, 0.05) is 49.7 Å². The van der Waals surface area contributed by atoms with E-state index in [1.807, 2.05) is 18.2 Å². The van der Waals surface area contributed by atoms with Crippen LogP contribution in [0, 0.1) is 5.41 Å². The first-order chi connectivity index (χ1) is 18.0. The second-order valence-electron chi connectivity index (χ2n) is 8.28. The highest BCUT2D eigenvalue weighted by molar-refractivity contribution is 6.31. The summed E-state index contributed by atoms with van der Waals surface area (Å²) in [6.07, 6.45) is -5.16. The largest absolute Gasteiger partial charge is 0.493 e. The fourth-order valence-electron chi connectivity index (χ4n) is 3.57. The van der Waals surface area contributed by atoms with Gasteiger partial charge in [0.2, 0.25) is 0 Å². The summed E-state index contributed by atoms with van der Waals surface area (Å²) < 4.78 is 42.5. The predicted octanol–water partition coefficient (Wildman–Crippen LogP) is 3.21. The highest BCUT2D eigenvalue weighted by Gasteiger charge is 2.43. The molecule has 1 aliphatic rings. The van der Waals surface area contributed by atoms with Crippen molar-refractivity contribution in [2.75, 3.05) is 39.4 Å². The number of guanidine groups is 1. The Morgan fingerprint density at radius 2 is 1.74 bits per heavy atom. The molecule has 1 amide bonds. The number of carbonyl (C=O) groups excluding carboxylic acids is 2. The van der Waals surface area contributed by atoms with E-state index < -0.39 is 18.1 Å². The molecule has 206 valence electrons. The SMILES string of the molecule is N=C(N)N(OCCCOc1cc(Cl)cc(C(=O)N2CCN(Cc3ccccc3)CC2)c1)OC(=O)C(F)(F)F. The Labute approximate surface area is 222 Å². The van der Waals surface area contributed by atoms with E-state index in [2.05, 4.69) is 21.9 Å². The van der Waals surface area contributed by atoms with E-state index in [1.54, 1.807) is 17.0 Å². The Kier molecular flexibility index (Phi) is 10.2. The van der Waals surface area contributed by atoms with E-state index in [4.69, 9.17) is 32.3 Å². The number of alkyl halides is 3. The summed E-state index contributed by atoms with van der Waals surface area (Å²) in [6.45, 7) is 3.15. The molecule has 1 aliphatic heterocycles. The van der Waals surface area contributed by atoms with Gasteiger partial charge in [0.1, 0.15) is 5.75 Å². The van der Waals surface area contributed by atoms with Gasteiger partial charge in [-0.25, -0.2) is 9.63 Å². The summed E-state index contributed by atoms with van der Waals surface area (Å²) >= 11 is 6.18. The lowest BCUT2D eigenvalue weighted by Crippen LogP contribution is -2.48. The van der Waals surface area contributed by atoms with Gasteiger partial charge in [0.15, 0.2) is 0 Å². The molecule has 14 heteroatoms. The van der Waals surface area contributed by atoms with E-state index in [9.17, 15) is 22.8 Å². The Balaban J connectivity index is 1.46. The first-order valence-electron chi connectivity index (χ1n) is 11.6. The van der Waals surface area contributed by atoms with E-state index >= 15 is 0 Å². The highest BCUT2D eigenvalue weighted by atomic mass is 35.5. The molecule has 0 atom stereocenters. The van der Waals surface area contributed by atoms with Crippen molar-refractivity contribution in [2.24, 2.45) is 5.73 Å². The van der Waals surface area contributed by atoms with Crippen LogP contribution in [0.5, 0.6) is 5.75 Å². The topological polar surface area (TPSA) is 121 Å². The molecule has 2 aromatic rings. The number of benzene rings is 2. The summed E-state index contributed by atoms with van der Waals surface area (Å²) in [5.41, 5.74) is 6.63. The van der Waals surface area contributed by atoms with Crippen molar-refractivity contribution in [1.82, 2.24) is 15.0 Å². The van der Waals surface area contributed by atoms with E-state index in [0.29, 0.717) is 29.4 Å². The molecule has 3 rings (SSSR count). The molecule has 0 unspecified atom stereocenters. The van der Waals surface area contributed by atoms with Crippen molar-refractivity contribution < 1.29 is 37.2 Å². The van der Waals surface area contributed by atoms with Crippen LogP contribution in [0.1, 0.15) is 22.3 Å². The van der Waals surface area contributed by atoms with Crippen LogP contribution in [0.4, 0.5) is 13.2 Å². The maximum absolute atomic E-state index is 13.1. The Hall–Kier alpha value is -3.55. The minimum absolute atomic E-state index is 0.0189. The summed E-state index contributed by atoms with van der Waals surface area (Å²) in [4.78, 5) is 36.7. The Bertz CT molecular complexity index is 1110. The monoisotopic (exact) mass is 557 g/mol. The van der Waals surface area contributed by atoms with Crippen LogP contribution in [0.2, 0.25) is 5.02 Å². The second kappa shape index (κ2) is 13.3. The number of nitrogens with two attached hydrogens (primary N) is 1. The molecule has 38 heavy (non-hydrogen) atoms. The summed E-state index contributed by atoms with van der Waals surface area (Å²) in [6, 6.07) is 14.7. The van der Waals surface area contributed by atoms with Crippen LogP contribution in [-0.4, -0.2) is 78.4 Å². The third-order valence-corrected chi connectivity index (χ3v) is 5.60. The standard InChI is InChI=1S/C24H27ClF3N5O5/c25-19-13-18(21(34)32-9-7-31(8-10-32)16-17-5-2-1-3-6-17)14-20(15-19)36-11-4-12-37-33(23(29)30)38-22(35)24(26,27)28/h1-3,5-6,13-15H,4,7-12,16H2,(H3,29,30). The molecular formula is C24H27ClF3N5O5. The zero-order valence-corrected chi connectivity index (χ0v) is 21.0. The number of hydroxylamine groups is 2. The van der Waals surface area contributed by atoms with Crippen molar-refractivity contribution in [3.05, 3.63) is 64.7 Å². The number of rotatable bonds is 9. The average Bonchev–Trinajstić information content (AvgIpc) is 2.87. The number of nitrogens with one attached hydrogen (secondary N) is 1. The van der Waals surface area contributed by atoms with E-state index in [0.717, 1.165) is 19.6 Å². The molecule has 0 radical (unpaired) electrons. The fourth-order valence-corrected chi connectivity index (χ4v) is 3.80. The molecular weight excluding hydrogens is 531 g/mol. The minimum atomic E-state index is -5.28. The molecule has 0 aliphatic carbocycles. The normalized spacial score (nSPS) is 14.2. The van der Waals surface area contributed by atoms with Gasteiger partial charge >= 0.3 is 12.1 Å². The van der Waals surface area contributed by atoms with Gasteiger partial charge in [-0.2, -0.15) is 13.2 Å². The number of hydrogen-bond donors (Lipinski definition) is 2. The van der Waals surface area contributed by atoms with Gasteiger partial charge in [-0.1, -0.05) is 41.9 Å². The summed E-state index contributed by atoms with van der Waals surface area (Å²) in [7, 11) is 0. The van der Waals surface area contributed by atoms with Crippen LogP contribution in [0.15, 0.2) is 48.5 Å². The van der Waals surface area contributed by atoms with Gasteiger partial charge in [-0.05, 0) is 29.0 Å². The first kappa shape index (κ1) is 29.0. The molecule has 3 N–H and O–H groups in total. The predicted molar refractivity (Wildman–Crippen MR) is 131 cm³/mol. The number of nitrogens with zero attached hydrogens (tertiary/aromatic N) is 3. The number of hydrogen-bond acceptors (Lipinski definition) is 7. The third kappa shape index (κ3) is 8.78. The van der Waals surface area contributed by atoms with Crippen LogP contribution in [0.3, 0.4) is 0 Å². The zero-order valence-electron chi connectivity index (χ0n) is 20.2. The number of piperazine rings is 1. The van der Waals surface area contributed by atoms with Crippen LogP contribution in [-0.2, 0) is 21.0 Å². The Morgan fingerprint density at radius 3 is 2.37 bits per heavy atom. The molecule has 10 nitrogen and oxygen atoms in total. The van der Waals surface area contributed by atoms with Crippen molar-refractivity contribution >= 4 is 29.4 Å².